The van der Waals surface area contributed by atoms with Gasteiger partial charge in [0.05, 0.1) is 11.7 Å². The Morgan fingerprint density at radius 1 is 1.33 bits per heavy atom. The first-order valence-electron chi connectivity index (χ1n) is 10.3. The summed E-state index contributed by atoms with van der Waals surface area (Å²) in [4.78, 5) is 32.7. The van der Waals surface area contributed by atoms with Crippen molar-refractivity contribution in [2.24, 2.45) is 5.92 Å². The highest BCUT2D eigenvalue weighted by atomic mass is 32.1. The molecule has 0 bridgehead atoms. The summed E-state index contributed by atoms with van der Waals surface area (Å²) in [6, 6.07) is -0.589. The summed E-state index contributed by atoms with van der Waals surface area (Å²) >= 11 is 1.64. The molecule has 2 aliphatic rings. The van der Waals surface area contributed by atoms with Gasteiger partial charge in [0.1, 0.15) is 17.0 Å². The number of carbonyl (C=O) groups excluding carboxylic acids is 1. The Bertz CT molecular complexity index is 895. The second-order valence-electron chi connectivity index (χ2n) is 8.11. The van der Waals surface area contributed by atoms with E-state index in [9.17, 15) is 9.59 Å². The van der Waals surface area contributed by atoms with Gasteiger partial charge in [-0.25, -0.2) is 9.78 Å². The van der Waals surface area contributed by atoms with Crippen molar-refractivity contribution in [3.8, 4) is 0 Å². The predicted octanol–water partition coefficient (Wildman–Crippen LogP) is 4.41. The third kappa shape index (κ3) is 3.56. The van der Waals surface area contributed by atoms with Crippen LogP contribution in [0.5, 0.6) is 0 Å². The van der Waals surface area contributed by atoms with Gasteiger partial charge in [-0.15, -0.1) is 11.3 Å². The van der Waals surface area contributed by atoms with E-state index in [1.807, 2.05) is 6.92 Å². The summed E-state index contributed by atoms with van der Waals surface area (Å²) in [6.45, 7) is 4.18. The first-order valence-corrected chi connectivity index (χ1v) is 11.1. The number of esters is 1. The number of hydrogen-bond donors (Lipinski definition) is 0. The van der Waals surface area contributed by atoms with E-state index < -0.39 is 6.04 Å². The molecule has 0 radical (unpaired) electrons. The lowest BCUT2D eigenvalue weighted by Gasteiger charge is -2.25. The minimum absolute atomic E-state index is 0.00286. The van der Waals surface area contributed by atoms with E-state index in [-0.39, 0.29) is 17.6 Å². The minimum atomic E-state index is -0.589. The van der Waals surface area contributed by atoms with Gasteiger partial charge in [0.25, 0.3) is 5.56 Å². The average molecular weight is 389 g/mol. The highest BCUT2D eigenvalue weighted by Gasteiger charge is 2.28. The number of aryl methyl sites for hydroxylation is 1. The number of carbonyl (C=O) groups is 1. The van der Waals surface area contributed by atoms with E-state index in [1.54, 1.807) is 17.7 Å². The lowest BCUT2D eigenvalue weighted by Crippen LogP contribution is -2.33. The fourth-order valence-electron chi connectivity index (χ4n) is 4.47. The molecule has 0 N–H and O–H groups in total. The highest BCUT2D eigenvalue weighted by molar-refractivity contribution is 7.18. The summed E-state index contributed by atoms with van der Waals surface area (Å²) in [5, 5.41) is 0.730. The number of ether oxygens (including phenoxy) is 1. The molecule has 4 rings (SSSR count). The maximum atomic E-state index is 13.3. The van der Waals surface area contributed by atoms with Gasteiger partial charge in [-0.2, -0.15) is 0 Å². The summed E-state index contributed by atoms with van der Waals surface area (Å²) in [5.74, 6) is 0.368. The smallest absolute Gasteiger partial charge is 0.329 e. The minimum Gasteiger partial charge on any atom is -0.461 e. The second-order valence-corrected chi connectivity index (χ2v) is 9.19. The second kappa shape index (κ2) is 7.74. The van der Waals surface area contributed by atoms with Crippen LogP contribution in [0, 0.1) is 5.92 Å². The van der Waals surface area contributed by atoms with Gasteiger partial charge >= 0.3 is 5.97 Å². The van der Waals surface area contributed by atoms with E-state index in [4.69, 9.17) is 4.74 Å². The van der Waals surface area contributed by atoms with Crippen molar-refractivity contribution in [3.63, 3.8) is 0 Å². The van der Waals surface area contributed by atoms with Crippen LogP contribution in [-0.4, -0.2) is 21.6 Å². The van der Waals surface area contributed by atoms with Gasteiger partial charge in [0.2, 0.25) is 0 Å². The van der Waals surface area contributed by atoms with Gasteiger partial charge in [-0.3, -0.25) is 9.36 Å². The molecule has 6 heteroatoms. The van der Waals surface area contributed by atoms with Crippen LogP contribution >= 0.6 is 11.3 Å². The summed E-state index contributed by atoms with van der Waals surface area (Å²) in [6.07, 6.45) is 10.5. The molecular formula is C21H28N2O3S. The van der Waals surface area contributed by atoms with E-state index in [1.165, 1.54) is 15.9 Å². The average Bonchev–Trinajstić information content (AvgIpc) is 3.03. The molecule has 0 amide bonds. The van der Waals surface area contributed by atoms with E-state index in [2.05, 4.69) is 11.9 Å². The van der Waals surface area contributed by atoms with Crippen LogP contribution in [0.4, 0.5) is 0 Å². The molecule has 0 aliphatic heterocycles. The molecule has 2 aliphatic carbocycles. The molecular weight excluding hydrogens is 360 g/mol. The van der Waals surface area contributed by atoms with E-state index in [0.717, 1.165) is 60.7 Å². The summed E-state index contributed by atoms with van der Waals surface area (Å²) in [7, 11) is 0. The van der Waals surface area contributed by atoms with Crippen molar-refractivity contribution in [1.82, 2.24) is 9.55 Å². The molecule has 2 aromatic heterocycles. The van der Waals surface area contributed by atoms with Crippen LogP contribution in [-0.2, 0) is 22.4 Å². The number of hydrogen-bond acceptors (Lipinski definition) is 5. The fourth-order valence-corrected chi connectivity index (χ4v) is 5.81. The zero-order valence-corrected chi connectivity index (χ0v) is 17.0. The number of thiophene rings is 1. The quantitative estimate of drug-likeness (QED) is 0.728. The Kier molecular flexibility index (Phi) is 5.35. The lowest BCUT2D eigenvalue weighted by atomic mass is 9.89. The van der Waals surface area contributed by atoms with Crippen LogP contribution in [0.15, 0.2) is 11.1 Å². The van der Waals surface area contributed by atoms with Crippen molar-refractivity contribution < 1.29 is 9.53 Å². The molecule has 5 nitrogen and oxygen atoms in total. The van der Waals surface area contributed by atoms with Crippen LogP contribution in [0.25, 0.3) is 10.2 Å². The lowest BCUT2D eigenvalue weighted by molar-refractivity contribution is -0.154. The molecule has 27 heavy (non-hydrogen) atoms. The first kappa shape index (κ1) is 18.7. The maximum absolute atomic E-state index is 13.3. The molecule has 0 aromatic carbocycles. The van der Waals surface area contributed by atoms with Crippen LogP contribution in [0.1, 0.15) is 75.3 Å². The number of rotatable bonds is 4. The number of nitrogens with zero attached hydrogens (tertiary/aromatic N) is 2. The van der Waals surface area contributed by atoms with Crippen molar-refractivity contribution in [3.05, 3.63) is 27.1 Å². The molecule has 1 fully saturated rings. The molecule has 0 unspecified atom stereocenters. The molecule has 2 aromatic rings. The van der Waals surface area contributed by atoms with Crippen molar-refractivity contribution in [2.75, 3.05) is 0 Å². The Morgan fingerprint density at radius 3 is 2.85 bits per heavy atom. The van der Waals surface area contributed by atoms with Crippen molar-refractivity contribution in [1.29, 1.82) is 0 Å². The molecule has 0 spiro atoms. The van der Waals surface area contributed by atoms with Gasteiger partial charge in [0.15, 0.2) is 0 Å². The van der Waals surface area contributed by atoms with Crippen molar-refractivity contribution in [2.45, 2.75) is 83.8 Å². The third-order valence-corrected chi connectivity index (χ3v) is 7.23. The van der Waals surface area contributed by atoms with Crippen LogP contribution in [0.2, 0.25) is 0 Å². The van der Waals surface area contributed by atoms with Crippen LogP contribution < -0.4 is 5.56 Å². The molecule has 1 saturated carbocycles. The van der Waals surface area contributed by atoms with Gasteiger partial charge in [0, 0.05) is 4.88 Å². The normalized spacial score (nSPS) is 21.8. The zero-order chi connectivity index (χ0) is 19.0. The Hall–Kier alpha value is -1.69. The first-order chi connectivity index (χ1) is 13.1. The molecule has 0 saturated heterocycles. The van der Waals surface area contributed by atoms with E-state index >= 15 is 0 Å². The molecule has 2 heterocycles. The molecule has 146 valence electrons. The summed E-state index contributed by atoms with van der Waals surface area (Å²) in [5.41, 5.74) is 1.08. The standard InChI is InChI=1S/C21H28N2O3S/c1-3-16(21(25)26-14-7-5-4-6-8-14)23-12-22-19-18(20(23)24)15-10-9-13(2)11-17(15)27-19/h12-14,16H,3-11H2,1-2H3/t13-,16-/m0/s1. The monoisotopic (exact) mass is 388 g/mol. The Balaban J connectivity index is 1.66. The Labute approximate surface area is 163 Å². The maximum Gasteiger partial charge on any atom is 0.329 e. The largest absolute Gasteiger partial charge is 0.461 e. The van der Waals surface area contributed by atoms with Gasteiger partial charge in [-0.05, 0) is 62.8 Å². The zero-order valence-electron chi connectivity index (χ0n) is 16.2. The van der Waals surface area contributed by atoms with Crippen molar-refractivity contribution >= 4 is 27.5 Å². The number of aromatic nitrogens is 2. The Morgan fingerprint density at radius 2 is 2.11 bits per heavy atom. The third-order valence-electron chi connectivity index (χ3n) is 6.07. The van der Waals surface area contributed by atoms with Gasteiger partial charge < -0.3 is 4.74 Å². The summed E-state index contributed by atoms with van der Waals surface area (Å²) < 4.78 is 7.26. The highest BCUT2D eigenvalue weighted by Crippen LogP contribution is 2.35. The fraction of sp³-hybridized carbons (Fsp3) is 0.667. The van der Waals surface area contributed by atoms with E-state index in [0.29, 0.717) is 12.3 Å². The van der Waals surface area contributed by atoms with Gasteiger partial charge in [-0.1, -0.05) is 20.3 Å². The number of fused-ring (bicyclic) bond motifs is 3. The van der Waals surface area contributed by atoms with Crippen LogP contribution in [0.3, 0.4) is 0 Å². The molecule has 2 atom stereocenters. The topological polar surface area (TPSA) is 61.2 Å². The predicted molar refractivity (Wildman–Crippen MR) is 107 cm³/mol. The SMILES string of the molecule is CC[C@@H](C(=O)OC1CCCCC1)n1cnc2sc3c(c2c1=O)CC[C@H](C)C3.